The Morgan fingerprint density at radius 1 is 1.28 bits per heavy atom. The highest BCUT2D eigenvalue weighted by atomic mass is 32.1. The van der Waals surface area contributed by atoms with Gasteiger partial charge in [-0.05, 0) is 43.1 Å². The van der Waals surface area contributed by atoms with Crippen LogP contribution in [0.4, 0.5) is 0 Å². The number of nitrogens with one attached hydrogen (secondary N) is 2. The van der Waals surface area contributed by atoms with Gasteiger partial charge in [-0.15, -0.1) is 11.3 Å². The molecule has 2 heterocycles. The van der Waals surface area contributed by atoms with E-state index >= 15 is 0 Å². The normalized spacial score (nSPS) is 12.9. The number of aromatic amines is 1. The summed E-state index contributed by atoms with van der Waals surface area (Å²) in [4.78, 5) is 26.3. The molecule has 0 saturated carbocycles. The standard InChI is InChI=1S/C20H22N4O3S2/c1-3-27-19(26)15(12-14-8-5-4-6-9-14)21-18(25)13(2)24-17(22-23-20(24)28)16-10-7-11-29-16/h4-11,13,15H,3,12H2,1-2H3,(H,21,25)(H,23,28). The highest BCUT2D eigenvalue weighted by molar-refractivity contribution is 7.71. The van der Waals surface area contributed by atoms with E-state index in [0.717, 1.165) is 10.4 Å². The molecule has 0 spiro atoms. The maximum atomic E-state index is 13.0. The first-order valence-electron chi connectivity index (χ1n) is 9.23. The predicted octanol–water partition coefficient (Wildman–Crippen LogP) is 3.52. The summed E-state index contributed by atoms with van der Waals surface area (Å²) in [5.41, 5.74) is 0.928. The van der Waals surface area contributed by atoms with E-state index in [2.05, 4.69) is 15.5 Å². The largest absolute Gasteiger partial charge is 0.464 e. The summed E-state index contributed by atoms with van der Waals surface area (Å²) >= 11 is 6.84. The van der Waals surface area contributed by atoms with Gasteiger partial charge in [-0.2, -0.15) is 5.10 Å². The Balaban J connectivity index is 1.81. The summed E-state index contributed by atoms with van der Waals surface area (Å²) < 4.78 is 7.15. The van der Waals surface area contributed by atoms with Crippen molar-refractivity contribution < 1.29 is 14.3 Å². The lowest BCUT2D eigenvalue weighted by Gasteiger charge is -2.21. The van der Waals surface area contributed by atoms with Crippen LogP contribution in [0.25, 0.3) is 10.7 Å². The fraction of sp³-hybridized carbons (Fsp3) is 0.300. The second-order valence-electron chi connectivity index (χ2n) is 6.38. The minimum Gasteiger partial charge on any atom is -0.464 e. The molecule has 152 valence electrons. The van der Waals surface area contributed by atoms with E-state index in [4.69, 9.17) is 17.0 Å². The van der Waals surface area contributed by atoms with E-state index in [1.165, 1.54) is 11.3 Å². The van der Waals surface area contributed by atoms with Crippen LogP contribution in [0.1, 0.15) is 25.5 Å². The smallest absolute Gasteiger partial charge is 0.328 e. The van der Waals surface area contributed by atoms with Crippen LogP contribution in [0.15, 0.2) is 47.8 Å². The van der Waals surface area contributed by atoms with Crippen molar-refractivity contribution in [2.75, 3.05) is 6.61 Å². The maximum Gasteiger partial charge on any atom is 0.328 e. The molecule has 1 amide bonds. The molecule has 0 aliphatic heterocycles. The average molecular weight is 431 g/mol. The molecule has 1 aromatic carbocycles. The first-order valence-corrected chi connectivity index (χ1v) is 10.5. The lowest BCUT2D eigenvalue weighted by Crippen LogP contribution is -2.45. The molecular weight excluding hydrogens is 408 g/mol. The highest BCUT2D eigenvalue weighted by Gasteiger charge is 2.27. The van der Waals surface area contributed by atoms with Crippen LogP contribution < -0.4 is 5.32 Å². The van der Waals surface area contributed by atoms with E-state index in [1.807, 2.05) is 47.8 Å². The van der Waals surface area contributed by atoms with Crippen LogP contribution in [0.3, 0.4) is 0 Å². The summed E-state index contributed by atoms with van der Waals surface area (Å²) in [6, 6.07) is 11.9. The predicted molar refractivity (Wildman–Crippen MR) is 114 cm³/mol. The van der Waals surface area contributed by atoms with Gasteiger partial charge in [-0.3, -0.25) is 14.5 Å². The maximum absolute atomic E-state index is 13.0. The second kappa shape index (κ2) is 9.62. The van der Waals surface area contributed by atoms with Gasteiger partial charge in [0.2, 0.25) is 5.91 Å². The molecule has 0 saturated heterocycles. The number of hydrogen-bond donors (Lipinski definition) is 2. The molecule has 3 aromatic rings. The molecule has 0 aliphatic rings. The molecule has 9 heteroatoms. The quantitative estimate of drug-likeness (QED) is 0.422. The third kappa shape index (κ3) is 4.99. The fourth-order valence-corrected chi connectivity index (χ4v) is 3.94. The third-order valence-corrected chi connectivity index (χ3v) is 5.54. The van der Waals surface area contributed by atoms with Crippen LogP contribution in [-0.2, 0) is 20.7 Å². The number of aromatic nitrogens is 3. The SMILES string of the molecule is CCOC(=O)C(Cc1ccccc1)NC(=O)C(C)n1c(-c2cccs2)n[nH]c1=S. The van der Waals surface area contributed by atoms with E-state index in [9.17, 15) is 9.59 Å². The van der Waals surface area contributed by atoms with Crippen LogP contribution in [0, 0.1) is 4.77 Å². The Morgan fingerprint density at radius 2 is 2.03 bits per heavy atom. The van der Waals surface area contributed by atoms with Crippen molar-refractivity contribution in [3.05, 3.63) is 58.2 Å². The molecule has 2 aromatic heterocycles. The van der Waals surface area contributed by atoms with Gasteiger partial charge in [0.15, 0.2) is 10.6 Å². The first kappa shape index (κ1) is 20.9. The van der Waals surface area contributed by atoms with Crippen molar-refractivity contribution in [1.82, 2.24) is 20.1 Å². The van der Waals surface area contributed by atoms with Crippen LogP contribution >= 0.6 is 23.6 Å². The van der Waals surface area contributed by atoms with Crippen LogP contribution in [-0.4, -0.2) is 39.3 Å². The molecule has 7 nitrogen and oxygen atoms in total. The number of H-pyrrole nitrogens is 1. The molecule has 0 aliphatic carbocycles. The zero-order valence-electron chi connectivity index (χ0n) is 16.1. The van der Waals surface area contributed by atoms with Gasteiger partial charge in [0.1, 0.15) is 12.1 Å². The van der Waals surface area contributed by atoms with E-state index in [0.29, 0.717) is 17.0 Å². The van der Waals surface area contributed by atoms with Gasteiger partial charge in [0, 0.05) is 6.42 Å². The number of carbonyl (C=O) groups is 2. The minimum atomic E-state index is -0.793. The molecule has 0 radical (unpaired) electrons. The zero-order valence-corrected chi connectivity index (χ0v) is 17.8. The summed E-state index contributed by atoms with van der Waals surface area (Å²) in [7, 11) is 0. The molecule has 2 unspecified atom stereocenters. The van der Waals surface area contributed by atoms with Crippen LogP contribution in [0.2, 0.25) is 0 Å². The number of carbonyl (C=O) groups excluding carboxylic acids is 2. The van der Waals surface area contributed by atoms with Crippen molar-refractivity contribution >= 4 is 35.4 Å². The van der Waals surface area contributed by atoms with Crippen molar-refractivity contribution in [3.8, 4) is 10.7 Å². The Kier molecular flexibility index (Phi) is 6.95. The zero-order chi connectivity index (χ0) is 20.8. The van der Waals surface area contributed by atoms with Crippen LogP contribution in [0.5, 0.6) is 0 Å². The number of esters is 1. The minimum absolute atomic E-state index is 0.241. The number of hydrogen-bond acceptors (Lipinski definition) is 6. The summed E-state index contributed by atoms with van der Waals surface area (Å²) in [5.74, 6) is -0.219. The number of nitrogens with zero attached hydrogens (tertiary/aromatic N) is 2. The van der Waals surface area contributed by atoms with E-state index in [1.54, 1.807) is 18.4 Å². The van der Waals surface area contributed by atoms with Crippen molar-refractivity contribution in [2.24, 2.45) is 0 Å². The summed E-state index contributed by atoms with van der Waals surface area (Å²) in [6.45, 7) is 3.70. The Hall–Kier alpha value is -2.78. The topological polar surface area (TPSA) is 89.0 Å². The fourth-order valence-electron chi connectivity index (χ4n) is 2.94. The molecule has 29 heavy (non-hydrogen) atoms. The number of rotatable bonds is 8. The molecule has 0 fully saturated rings. The van der Waals surface area contributed by atoms with Gasteiger partial charge in [-0.25, -0.2) is 4.79 Å². The average Bonchev–Trinajstić information content (AvgIpc) is 3.37. The van der Waals surface area contributed by atoms with Gasteiger partial charge in [0.25, 0.3) is 0 Å². The lowest BCUT2D eigenvalue weighted by molar-refractivity contribution is -0.147. The molecule has 2 atom stereocenters. The molecular formula is C20H22N4O3S2. The van der Waals surface area contributed by atoms with Gasteiger partial charge in [-0.1, -0.05) is 36.4 Å². The molecule has 3 rings (SSSR count). The van der Waals surface area contributed by atoms with Gasteiger partial charge < -0.3 is 10.1 Å². The highest BCUT2D eigenvalue weighted by Crippen LogP contribution is 2.25. The Morgan fingerprint density at radius 3 is 2.69 bits per heavy atom. The van der Waals surface area contributed by atoms with Crippen molar-refractivity contribution in [3.63, 3.8) is 0 Å². The van der Waals surface area contributed by atoms with Gasteiger partial charge in [0.05, 0.1) is 11.5 Å². The van der Waals surface area contributed by atoms with E-state index in [-0.39, 0.29) is 12.5 Å². The van der Waals surface area contributed by atoms with Gasteiger partial charge >= 0.3 is 5.97 Å². The Bertz CT molecular complexity index is 1010. The Labute approximate surface area is 177 Å². The van der Waals surface area contributed by atoms with Crippen molar-refractivity contribution in [2.45, 2.75) is 32.4 Å². The number of ether oxygens (including phenoxy) is 1. The first-order chi connectivity index (χ1) is 14.0. The lowest BCUT2D eigenvalue weighted by atomic mass is 10.1. The van der Waals surface area contributed by atoms with Crippen molar-refractivity contribution in [1.29, 1.82) is 0 Å². The van der Waals surface area contributed by atoms with E-state index < -0.39 is 18.1 Å². The second-order valence-corrected chi connectivity index (χ2v) is 7.71. The number of thiophene rings is 1. The number of benzene rings is 1. The molecule has 2 N–H and O–H groups in total. The summed E-state index contributed by atoms with van der Waals surface area (Å²) in [6.07, 6.45) is 0.340. The summed E-state index contributed by atoms with van der Waals surface area (Å²) in [5, 5.41) is 11.8. The number of amides is 1. The molecule has 0 bridgehead atoms. The third-order valence-electron chi connectivity index (χ3n) is 4.38. The monoisotopic (exact) mass is 430 g/mol.